The van der Waals surface area contributed by atoms with Gasteiger partial charge in [0.05, 0.1) is 0 Å². The zero-order valence-corrected chi connectivity index (χ0v) is 12.1. The van der Waals surface area contributed by atoms with Gasteiger partial charge in [-0.05, 0) is 27.0 Å². The van der Waals surface area contributed by atoms with Crippen LogP contribution in [-0.4, -0.2) is 30.6 Å². The molecule has 0 aliphatic rings. The smallest absolute Gasteiger partial charge is 0.127 e. The summed E-state index contributed by atoms with van der Waals surface area (Å²) in [5.74, 6) is -0.124. The molecule has 18 heavy (non-hydrogen) atoms. The van der Waals surface area contributed by atoms with E-state index in [-0.39, 0.29) is 11.9 Å². The van der Waals surface area contributed by atoms with Crippen LogP contribution in [0.15, 0.2) is 24.3 Å². The SMILES string of the molecule is CC(C)NCC(C)N(C)C(C)c1ccccc1F. The van der Waals surface area contributed by atoms with Gasteiger partial charge in [-0.1, -0.05) is 32.0 Å². The third-order valence-corrected chi connectivity index (χ3v) is 3.48. The van der Waals surface area contributed by atoms with Gasteiger partial charge in [-0.15, -0.1) is 0 Å². The molecular weight excluding hydrogens is 227 g/mol. The average Bonchev–Trinajstić information content (AvgIpc) is 2.34. The topological polar surface area (TPSA) is 15.3 Å². The third-order valence-electron chi connectivity index (χ3n) is 3.48. The van der Waals surface area contributed by atoms with E-state index in [0.717, 1.165) is 12.1 Å². The summed E-state index contributed by atoms with van der Waals surface area (Å²) in [6.07, 6.45) is 0. The molecule has 2 atom stereocenters. The van der Waals surface area contributed by atoms with E-state index in [1.54, 1.807) is 6.07 Å². The number of halogens is 1. The van der Waals surface area contributed by atoms with Gasteiger partial charge in [0.15, 0.2) is 0 Å². The minimum atomic E-state index is -0.124. The molecule has 0 amide bonds. The number of nitrogens with zero attached hydrogens (tertiary/aromatic N) is 1. The van der Waals surface area contributed by atoms with Crippen LogP contribution in [0.2, 0.25) is 0 Å². The van der Waals surface area contributed by atoms with Gasteiger partial charge in [-0.2, -0.15) is 0 Å². The highest BCUT2D eigenvalue weighted by Crippen LogP contribution is 2.22. The molecule has 0 aliphatic carbocycles. The lowest BCUT2D eigenvalue weighted by molar-refractivity contribution is 0.188. The Labute approximate surface area is 110 Å². The Morgan fingerprint density at radius 1 is 1.17 bits per heavy atom. The standard InChI is InChI=1S/C15H25FN2/c1-11(2)17-10-12(3)18(5)13(4)14-8-6-7-9-15(14)16/h6-9,11-13,17H,10H2,1-5H3. The van der Waals surface area contributed by atoms with Crippen molar-refractivity contribution in [2.75, 3.05) is 13.6 Å². The normalized spacial score (nSPS) is 15.1. The number of nitrogens with one attached hydrogen (secondary N) is 1. The summed E-state index contributed by atoms with van der Waals surface area (Å²) in [6.45, 7) is 9.38. The Morgan fingerprint density at radius 2 is 1.78 bits per heavy atom. The lowest BCUT2D eigenvalue weighted by Crippen LogP contribution is -2.41. The maximum atomic E-state index is 13.7. The molecule has 0 heterocycles. The minimum absolute atomic E-state index is 0.0789. The van der Waals surface area contributed by atoms with Crippen LogP contribution in [-0.2, 0) is 0 Å². The van der Waals surface area contributed by atoms with E-state index in [4.69, 9.17) is 0 Å². The van der Waals surface area contributed by atoms with Crippen molar-refractivity contribution in [3.8, 4) is 0 Å². The Hall–Kier alpha value is -0.930. The molecule has 2 nitrogen and oxygen atoms in total. The summed E-state index contributed by atoms with van der Waals surface area (Å²) < 4.78 is 13.7. The molecule has 3 heteroatoms. The predicted octanol–water partition coefficient (Wildman–Crippen LogP) is 3.21. The zero-order chi connectivity index (χ0) is 13.7. The lowest BCUT2D eigenvalue weighted by Gasteiger charge is -2.32. The van der Waals surface area contributed by atoms with Crippen molar-refractivity contribution in [1.29, 1.82) is 0 Å². The first-order valence-electron chi connectivity index (χ1n) is 6.63. The fourth-order valence-electron chi connectivity index (χ4n) is 1.97. The van der Waals surface area contributed by atoms with Crippen molar-refractivity contribution < 1.29 is 4.39 Å². The third kappa shape index (κ3) is 4.07. The molecule has 0 spiro atoms. The quantitative estimate of drug-likeness (QED) is 0.836. The molecule has 1 rings (SSSR count). The van der Waals surface area contributed by atoms with Gasteiger partial charge in [-0.3, -0.25) is 4.90 Å². The van der Waals surface area contributed by atoms with Gasteiger partial charge in [0, 0.05) is 30.2 Å². The summed E-state index contributed by atoms with van der Waals surface area (Å²) >= 11 is 0. The largest absolute Gasteiger partial charge is 0.313 e. The second kappa shape index (κ2) is 6.86. The molecule has 1 N–H and O–H groups in total. The molecule has 0 fully saturated rings. The summed E-state index contributed by atoms with van der Waals surface area (Å²) in [7, 11) is 2.05. The van der Waals surface area contributed by atoms with Crippen LogP contribution in [0.5, 0.6) is 0 Å². The molecule has 0 bridgehead atoms. The second-order valence-electron chi connectivity index (χ2n) is 5.27. The zero-order valence-electron chi connectivity index (χ0n) is 12.1. The fraction of sp³-hybridized carbons (Fsp3) is 0.600. The van der Waals surface area contributed by atoms with Gasteiger partial charge in [0.1, 0.15) is 5.82 Å². The van der Waals surface area contributed by atoms with E-state index in [1.807, 2.05) is 26.1 Å². The van der Waals surface area contributed by atoms with Crippen molar-refractivity contribution in [1.82, 2.24) is 10.2 Å². The molecule has 1 aromatic rings. The first-order valence-corrected chi connectivity index (χ1v) is 6.63. The van der Waals surface area contributed by atoms with Crippen molar-refractivity contribution in [2.45, 2.75) is 45.8 Å². The van der Waals surface area contributed by atoms with Crippen molar-refractivity contribution in [3.05, 3.63) is 35.6 Å². The van der Waals surface area contributed by atoms with Crippen LogP contribution < -0.4 is 5.32 Å². The highest BCUT2D eigenvalue weighted by atomic mass is 19.1. The number of likely N-dealkylation sites (N-methyl/N-ethyl adjacent to an activating group) is 1. The predicted molar refractivity (Wildman–Crippen MR) is 75.2 cm³/mol. The summed E-state index contributed by atoms with van der Waals surface area (Å²) in [4.78, 5) is 2.20. The van der Waals surface area contributed by atoms with Crippen LogP contribution in [0.25, 0.3) is 0 Å². The first-order chi connectivity index (χ1) is 8.43. The highest BCUT2D eigenvalue weighted by molar-refractivity contribution is 5.20. The Bertz CT molecular complexity index is 365. The van der Waals surface area contributed by atoms with Crippen molar-refractivity contribution >= 4 is 0 Å². The van der Waals surface area contributed by atoms with Crippen LogP contribution in [0.4, 0.5) is 4.39 Å². The monoisotopic (exact) mass is 252 g/mol. The van der Waals surface area contributed by atoms with Crippen LogP contribution in [0.1, 0.15) is 39.3 Å². The summed E-state index contributed by atoms with van der Waals surface area (Å²) in [6, 6.07) is 7.92. The van der Waals surface area contributed by atoms with Gasteiger partial charge >= 0.3 is 0 Å². The second-order valence-corrected chi connectivity index (χ2v) is 5.27. The van der Waals surface area contributed by atoms with Crippen LogP contribution >= 0.6 is 0 Å². The maximum Gasteiger partial charge on any atom is 0.127 e. The van der Waals surface area contributed by atoms with Crippen LogP contribution in [0.3, 0.4) is 0 Å². The number of hydrogen-bond acceptors (Lipinski definition) is 2. The maximum absolute atomic E-state index is 13.7. The number of hydrogen-bond donors (Lipinski definition) is 1. The van der Waals surface area contributed by atoms with Crippen LogP contribution in [0, 0.1) is 5.82 Å². The highest BCUT2D eigenvalue weighted by Gasteiger charge is 2.19. The first kappa shape index (κ1) is 15.1. The Kier molecular flexibility index (Phi) is 5.76. The van der Waals surface area contributed by atoms with E-state index < -0.39 is 0 Å². The Balaban J connectivity index is 2.66. The Morgan fingerprint density at radius 3 is 2.33 bits per heavy atom. The minimum Gasteiger partial charge on any atom is -0.313 e. The van der Waals surface area contributed by atoms with E-state index >= 15 is 0 Å². The molecule has 0 saturated heterocycles. The average molecular weight is 252 g/mol. The molecule has 0 radical (unpaired) electrons. The van der Waals surface area contributed by atoms with E-state index in [2.05, 4.69) is 31.0 Å². The lowest BCUT2D eigenvalue weighted by atomic mass is 10.1. The number of rotatable bonds is 6. The van der Waals surface area contributed by atoms with E-state index in [1.165, 1.54) is 6.07 Å². The van der Waals surface area contributed by atoms with Crippen molar-refractivity contribution in [2.24, 2.45) is 0 Å². The summed E-state index contributed by atoms with van der Waals surface area (Å²) in [5.41, 5.74) is 0.761. The molecule has 0 aliphatic heterocycles. The van der Waals surface area contributed by atoms with Gasteiger partial charge in [0.25, 0.3) is 0 Å². The molecule has 2 unspecified atom stereocenters. The van der Waals surface area contributed by atoms with Gasteiger partial charge in [-0.25, -0.2) is 4.39 Å². The van der Waals surface area contributed by atoms with E-state index in [0.29, 0.717) is 12.1 Å². The number of benzene rings is 1. The molecule has 102 valence electrons. The van der Waals surface area contributed by atoms with Gasteiger partial charge < -0.3 is 5.32 Å². The van der Waals surface area contributed by atoms with Crippen molar-refractivity contribution in [3.63, 3.8) is 0 Å². The molecule has 0 aromatic heterocycles. The molecule has 1 aromatic carbocycles. The van der Waals surface area contributed by atoms with E-state index in [9.17, 15) is 4.39 Å². The molecular formula is C15H25FN2. The molecule has 0 saturated carbocycles. The summed E-state index contributed by atoms with van der Waals surface area (Å²) in [5, 5.41) is 3.41. The fourth-order valence-corrected chi connectivity index (χ4v) is 1.97. The van der Waals surface area contributed by atoms with Gasteiger partial charge in [0.2, 0.25) is 0 Å².